The average Bonchev–Trinajstić information content (AvgIpc) is 2.84. The molecule has 0 saturated carbocycles. The van der Waals surface area contributed by atoms with Gasteiger partial charge in [0.25, 0.3) is 11.8 Å². The smallest absolute Gasteiger partial charge is 0.335 e. The third kappa shape index (κ3) is 5.66. The highest BCUT2D eigenvalue weighted by Gasteiger charge is 2.37. The van der Waals surface area contributed by atoms with Crippen molar-refractivity contribution in [3.63, 3.8) is 0 Å². The number of imide groups is 2. The number of anilines is 1. The zero-order chi connectivity index (χ0) is 25.8. The molecular formula is C26H19Br2FN2O5. The molecular weight excluding hydrogens is 599 g/mol. The lowest BCUT2D eigenvalue weighted by atomic mass is 10.1. The number of hydrogen-bond donors (Lipinski definition) is 1. The van der Waals surface area contributed by atoms with E-state index in [0.717, 1.165) is 14.9 Å². The summed E-state index contributed by atoms with van der Waals surface area (Å²) in [6.45, 7) is 2.33. The van der Waals surface area contributed by atoms with Crippen LogP contribution in [0.5, 0.6) is 11.5 Å². The first kappa shape index (κ1) is 25.6. The first-order chi connectivity index (χ1) is 17.3. The third-order valence-electron chi connectivity index (χ3n) is 5.16. The van der Waals surface area contributed by atoms with E-state index in [1.54, 1.807) is 48.5 Å². The van der Waals surface area contributed by atoms with Gasteiger partial charge in [0.05, 0.1) is 12.3 Å². The number of carbonyl (C=O) groups excluding carboxylic acids is 3. The van der Waals surface area contributed by atoms with Gasteiger partial charge in [-0.3, -0.25) is 14.9 Å². The number of halogens is 3. The summed E-state index contributed by atoms with van der Waals surface area (Å²) in [6.07, 6.45) is 1.38. The van der Waals surface area contributed by atoms with Crippen LogP contribution >= 0.6 is 31.9 Å². The van der Waals surface area contributed by atoms with Gasteiger partial charge >= 0.3 is 6.03 Å². The van der Waals surface area contributed by atoms with Crippen molar-refractivity contribution in [2.24, 2.45) is 0 Å². The molecule has 0 unspecified atom stereocenters. The van der Waals surface area contributed by atoms with Crippen molar-refractivity contribution in [1.29, 1.82) is 0 Å². The van der Waals surface area contributed by atoms with Crippen molar-refractivity contribution >= 4 is 61.5 Å². The van der Waals surface area contributed by atoms with Crippen LogP contribution in [0.2, 0.25) is 0 Å². The molecule has 0 aromatic heterocycles. The Bertz CT molecular complexity index is 1360. The molecule has 1 aliphatic heterocycles. The molecule has 0 atom stereocenters. The van der Waals surface area contributed by atoms with Gasteiger partial charge in [-0.25, -0.2) is 14.1 Å². The fourth-order valence-electron chi connectivity index (χ4n) is 3.42. The standard InChI is InChI=1S/C26H19Br2FN2O5/c1-2-35-22-12-16(21(28)13-23(22)36-14-15-3-7-18(29)8-4-15)11-20-24(32)30-26(34)31(25(20)33)19-9-5-17(27)6-10-19/h3-13H,2,14H2,1H3,(H,30,32,34)/b20-11+. The summed E-state index contributed by atoms with van der Waals surface area (Å²) in [7, 11) is 0. The molecule has 0 aliphatic carbocycles. The Morgan fingerprint density at radius 1 is 0.944 bits per heavy atom. The molecule has 3 aromatic rings. The van der Waals surface area contributed by atoms with Crippen molar-refractivity contribution in [3.05, 3.63) is 92.1 Å². The van der Waals surface area contributed by atoms with Crippen LogP contribution < -0.4 is 19.7 Å². The third-order valence-corrected chi connectivity index (χ3v) is 6.37. The second-order valence-electron chi connectivity index (χ2n) is 7.60. The van der Waals surface area contributed by atoms with Crippen LogP contribution in [0.15, 0.2) is 75.2 Å². The van der Waals surface area contributed by atoms with E-state index < -0.39 is 17.8 Å². The maximum absolute atomic E-state index is 13.2. The Labute approximate surface area is 223 Å². The largest absolute Gasteiger partial charge is 0.490 e. The minimum atomic E-state index is -0.830. The summed E-state index contributed by atoms with van der Waals surface area (Å²) < 4.78 is 26.1. The van der Waals surface area contributed by atoms with E-state index >= 15 is 0 Å². The highest BCUT2D eigenvalue weighted by Crippen LogP contribution is 2.36. The highest BCUT2D eigenvalue weighted by molar-refractivity contribution is 9.10. The minimum absolute atomic E-state index is 0.179. The number of ether oxygens (including phenoxy) is 2. The Kier molecular flexibility index (Phi) is 7.85. The molecule has 36 heavy (non-hydrogen) atoms. The second-order valence-corrected chi connectivity index (χ2v) is 9.37. The van der Waals surface area contributed by atoms with E-state index in [-0.39, 0.29) is 18.0 Å². The molecule has 1 saturated heterocycles. The Morgan fingerprint density at radius 3 is 2.28 bits per heavy atom. The maximum Gasteiger partial charge on any atom is 0.335 e. The molecule has 1 fully saturated rings. The van der Waals surface area contributed by atoms with Gasteiger partial charge in [-0.2, -0.15) is 0 Å². The number of rotatable bonds is 7. The van der Waals surface area contributed by atoms with Crippen LogP contribution in [0, 0.1) is 5.82 Å². The molecule has 1 aliphatic rings. The normalized spacial score (nSPS) is 14.7. The first-order valence-corrected chi connectivity index (χ1v) is 12.4. The lowest BCUT2D eigenvalue weighted by Gasteiger charge is -2.26. The summed E-state index contributed by atoms with van der Waals surface area (Å²) in [5.41, 5.74) is 1.33. The van der Waals surface area contributed by atoms with Gasteiger partial charge in [0.15, 0.2) is 11.5 Å². The number of benzene rings is 3. The van der Waals surface area contributed by atoms with Gasteiger partial charge in [0, 0.05) is 8.95 Å². The Morgan fingerprint density at radius 2 is 1.61 bits per heavy atom. The quantitative estimate of drug-likeness (QED) is 0.260. The molecule has 0 spiro atoms. The molecule has 10 heteroatoms. The Balaban J connectivity index is 1.65. The topological polar surface area (TPSA) is 84.9 Å². The fraction of sp³-hybridized carbons (Fsp3) is 0.115. The molecule has 1 N–H and O–H groups in total. The van der Waals surface area contributed by atoms with E-state index in [1.807, 2.05) is 6.92 Å². The predicted molar refractivity (Wildman–Crippen MR) is 139 cm³/mol. The van der Waals surface area contributed by atoms with Crippen molar-refractivity contribution in [2.75, 3.05) is 11.5 Å². The number of carbonyl (C=O) groups is 3. The Hall–Kier alpha value is -3.50. The minimum Gasteiger partial charge on any atom is -0.490 e. The lowest BCUT2D eigenvalue weighted by molar-refractivity contribution is -0.122. The van der Waals surface area contributed by atoms with E-state index in [9.17, 15) is 18.8 Å². The summed E-state index contributed by atoms with van der Waals surface area (Å²) in [5, 5.41) is 2.21. The van der Waals surface area contributed by atoms with E-state index in [1.165, 1.54) is 18.2 Å². The molecule has 184 valence electrons. The van der Waals surface area contributed by atoms with Gasteiger partial charge in [0.2, 0.25) is 0 Å². The van der Waals surface area contributed by atoms with E-state index in [4.69, 9.17) is 9.47 Å². The molecule has 4 rings (SSSR count). The van der Waals surface area contributed by atoms with Gasteiger partial charge in [0.1, 0.15) is 18.0 Å². The van der Waals surface area contributed by atoms with Crippen LogP contribution in [0.1, 0.15) is 18.1 Å². The second kappa shape index (κ2) is 11.0. The predicted octanol–water partition coefficient (Wildman–Crippen LogP) is 5.99. The number of hydrogen-bond acceptors (Lipinski definition) is 5. The molecule has 4 amide bonds. The van der Waals surface area contributed by atoms with Crippen molar-refractivity contribution in [3.8, 4) is 11.5 Å². The molecule has 0 radical (unpaired) electrons. The summed E-state index contributed by atoms with van der Waals surface area (Å²) in [6, 6.07) is 14.9. The van der Waals surface area contributed by atoms with Crippen LogP contribution in [0.25, 0.3) is 6.08 Å². The van der Waals surface area contributed by atoms with Crippen LogP contribution in [-0.4, -0.2) is 24.5 Å². The molecule has 7 nitrogen and oxygen atoms in total. The summed E-state index contributed by atoms with van der Waals surface area (Å²) in [5.74, 6) is -1.09. The average molecular weight is 618 g/mol. The zero-order valence-electron chi connectivity index (χ0n) is 18.9. The fourth-order valence-corrected chi connectivity index (χ4v) is 4.12. The van der Waals surface area contributed by atoms with Gasteiger partial charge in [-0.15, -0.1) is 0 Å². The van der Waals surface area contributed by atoms with Gasteiger partial charge in [-0.1, -0.05) is 44.0 Å². The molecule has 1 heterocycles. The number of nitrogens with one attached hydrogen (secondary N) is 1. The van der Waals surface area contributed by atoms with Crippen LogP contribution in [0.3, 0.4) is 0 Å². The van der Waals surface area contributed by atoms with Gasteiger partial charge in [-0.05, 0) is 72.7 Å². The van der Waals surface area contributed by atoms with E-state index in [2.05, 4.69) is 37.2 Å². The van der Waals surface area contributed by atoms with E-state index in [0.29, 0.717) is 33.8 Å². The van der Waals surface area contributed by atoms with Crippen molar-refractivity contribution in [1.82, 2.24) is 5.32 Å². The molecule has 3 aromatic carbocycles. The number of amides is 4. The molecule has 0 bridgehead atoms. The lowest BCUT2D eigenvalue weighted by Crippen LogP contribution is -2.54. The van der Waals surface area contributed by atoms with Gasteiger partial charge < -0.3 is 9.47 Å². The number of nitrogens with zero attached hydrogens (tertiary/aromatic N) is 1. The SMILES string of the molecule is CCOc1cc(/C=C2\C(=O)NC(=O)N(c3ccc(Br)cc3)C2=O)c(Br)cc1OCc1ccc(F)cc1. The van der Waals surface area contributed by atoms with Crippen LogP contribution in [0.4, 0.5) is 14.9 Å². The monoisotopic (exact) mass is 616 g/mol. The van der Waals surface area contributed by atoms with Crippen molar-refractivity contribution in [2.45, 2.75) is 13.5 Å². The van der Waals surface area contributed by atoms with Crippen LogP contribution in [-0.2, 0) is 16.2 Å². The number of barbiturate groups is 1. The summed E-state index contributed by atoms with van der Waals surface area (Å²) >= 11 is 6.77. The zero-order valence-corrected chi connectivity index (χ0v) is 22.1. The number of urea groups is 1. The van der Waals surface area contributed by atoms with Crippen molar-refractivity contribution < 1.29 is 28.2 Å². The first-order valence-electron chi connectivity index (χ1n) is 10.8. The maximum atomic E-state index is 13.2. The highest BCUT2D eigenvalue weighted by atomic mass is 79.9. The summed E-state index contributed by atoms with van der Waals surface area (Å²) in [4.78, 5) is 39.1.